The molecule has 0 aromatic heterocycles. The zero-order valence-corrected chi connectivity index (χ0v) is 17.5. The van der Waals surface area contributed by atoms with Gasteiger partial charge in [0.2, 0.25) is 11.8 Å². The molecule has 0 atom stereocenters. The van der Waals surface area contributed by atoms with Gasteiger partial charge in [0.15, 0.2) is 0 Å². The molecule has 1 aromatic carbocycles. The van der Waals surface area contributed by atoms with Gasteiger partial charge in [-0.2, -0.15) is 0 Å². The van der Waals surface area contributed by atoms with Gasteiger partial charge in [-0.15, -0.1) is 0 Å². The molecule has 1 heterocycles. The molecule has 0 saturated carbocycles. The van der Waals surface area contributed by atoms with E-state index in [2.05, 4.69) is 10.2 Å². The molecule has 0 aliphatic carbocycles. The largest absolute Gasteiger partial charge is 0.497 e. The first-order chi connectivity index (χ1) is 14.0. The summed E-state index contributed by atoms with van der Waals surface area (Å²) in [5, 5.41) is 2.88. The lowest BCUT2D eigenvalue weighted by atomic mass is 10.2. The molecule has 1 saturated heterocycles. The summed E-state index contributed by atoms with van der Waals surface area (Å²) in [6, 6.07) is 5.47. The number of hydrogen-bond donors (Lipinski definition) is 1. The van der Waals surface area contributed by atoms with Gasteiger partial charge < -0.3 is 24.4 Å². The summed E-state index contributed by atoms with van der Waals surface area (Å²) in [4.78, 5) is 28.3. The van der Waals surface area contributed by atoms with Crippen molar-refractivity contribution in [2.24, 2.45) is 0 Å². The topological polar surface area (TPSA) is 80.3 Å². The molecule has 0 spiro atoms. The van der Waals surface area contributed by atoms with E-state index in [0.717, 1.165) is 12.0 Å². The van der Waals surface area contributed by atoms with E-state index in [-0.39, 0.29) is 11.8 Å². The Morgan fingerprint density at radius 1 is 1.03 bits per heavy atom. The Balaban J connectivity index is 1.78. The van der Waals surface area contributed by atoms with Crippen molar-refractivity contribution >= 4 is 17.9 Å². The van der Waals surface area contributed by atoms with Crippen LogP contribution in [-0.4, -0.2) is 88.8 Å². The second kappa shape index (κ2) is 12.1. The third kappa shape index (κ3) is 7.75. The Hall–Kier alpha value is -2.58. The minimum atomic E-state index is -0.0459. The third-order valence-corrected chi connectivity index (χ3v) is 4.69. The molecular formula is C21H31N3O5. The van der Waals surface area contributed by atoms with E-state index in [4.69, 9.17) is 14.2 Å². The number of nitrogens with zero attached hydrogens (tertiary/aromatic N) is 2. The second-order valence-corrected chi connectivity index (χ2v) is 6.78. The first-order valence-corrected chi connectivity index (χ1v) is 9.73. The van der Waals surface area contributed by atoms with Gasteiger partial charge in [0.05, 0.1) is 20.8 Å². The highest BCUT2D eigenvalue weighted by molar-refractivity contribution is 5.92. The van der Waals surface area contributed by atoms with Crippen molar-refractivity contribution in [3.63, 3.8) is 0 Å². The molecule has 2 amide bonds. The van der Waals surface area contributed by atoms with E-state index >= 15 is 0 Å². The highest BCUT2D eigenvalue weighted by Gasteiger charge is 2.21. The first-order valence-electron chi connectivity index (χ1n) is 9.73. The maximum atomic E-state index is 12.5. The zero-order chi connectivity index (χ0) is 21.1. The fourth-order valence-electron chi connectivity index (χ4n) is 3.03. The molecule has 29 heavy (non-hydrogen) atoms. The molecular weight excluding hydrogens is 374 g/mol. The van der Waals surface area contributed by atoms with Crippen LogP contribution >= 0.6 is 0 Å². The van der Waals surface area contributed by atoms with Gasteiger partial charge in [0, 0.05) is 58.6 Å². The maximum absolute atomic E-state index is 12.5. The molecule has 0 radical (unpaired) electrons. The number of piperazine rings is 1. The Morgan fingerprint density at radius 3 is 2.28 bits per heavy atom. The van der Waals surface area contributed by atoms with Crippen LogP contribution in [-0.2, 0) is 14.3 Å². The van der Waals surface area contributed by atoms with Gasteiger partial charge in [-0.25, -0.2) is 0 Å². The fraction of sp³-hybridized carbons (Fsp3) is 0.524. The highest BCUT2D eigenvalue weighted by Crippen LogP contribution is 2.23. The van der Waals surface area contributed by atoms with E-state index in [1.807, 2.05) is 12.1 Å². The smallest absolute Gasteiger partial charge is 0.246 e. The number of carbonyl (C=O) groups is 2. The molecule has 1 N–H and O–H groups in total. The summed E-state index contributed by atoms with van der Waals surface area (Å²) in [5.74, 6) is 1.30. The summed E-state index contributed by atoms with van der Waals surface area (Å²) in [5.41, 5.74) is 0.832. The van der Waals surface area contributed by atoms with Crippen molar-refractivity contribution in [1.29, 1.82) is 0 Å². The summed E-state index contributed by atoms with van der Waals surface area (Å²) in [6.07, 6.45) is 4.12. The maximum Gasteiger partial charge on any atom is 0.246 e. The fourth-order valence-corrected chi connectivity index (χ4v) is 3.03. The molecule has 0 bridgehead atoms. The number of benzene rings is 1. The number of carbonyl (C=O) groups excluding carboxylic acids is 2. The molecule has 1 aliphatic heterocycles. The summed E-state index contributed by atoms with van der Waals surface area (Å²) < 4.78 is 15.5. The average Bonchev–Trinajstić information content (AvgIpc) is 2.75. The molecule has 8 nitrogen and oxygen atoms in total. The van der Waals surface area contributed by atoms with E-state index in [0.29, 0.717) is 57.4 Å². The lowest BCUT2D eigenvalue weighted by Gasteiger charge is -2.33. The SMILES string of the molecule is COCCCNC(=O)CN1CCN(C(=O)/C=C/c2cc(OC)cc(OC)c2)CC1. The Labute approximate surface area is 172 Å². The van der Waals surface area contributed by atoms with Crippen LogP contribution in [0.5, 0.6) is 11.5 Å². The van der Waals surface area contributed by atoms with Crippen LogP contribution in [0.15, 0.2) is 24.3 Å². The quantitative estimate of drug-likeness (QED) is 0.462. The van der Waals surface area contributed by atoms with Crippen molar-refractivity contribution in [2.75, 3.05) is 67.2 Å². The lowest BCUT2D eigenvalue weighted by molar-refractivity contribution is -0.128. The highest BCUT2D eigenvalue weighted by atomic mass is 16.5. The van der Waals surface area contributed by atoms with Gasteiger partial charge in [0.25, 0.3) is 0 Å². The van der Waals surface area contributed by atoms with Crippen LogP contribution in [0.3, 0.4) is 0 Å². The predicted octanol–water partition coefficient (Wildman–Crippen LogP) is 1.01. The standard InChI is InChI=1S/C21H31N3O5/c1-27-12-4-7-22-20(25)16-23-8-10-24(11-9-23)21(26)6-5-17-13-18(28-2)15-19(14-17)29-3/h5-6,13-15H,4,7-12,16H2,1-3H3,(H,22,25)/b6-5+. The third-order valence-electron chi connectivity index (χ3n) is 4.69. The van der Waals surface area contributed by atoms with Crippen molar-refractivity contribution in [3.05, 3.63) is 29.8 Å². The Kier molecular flexibility index (Phi) is 9.46. The van der Waals surface area contributed by atoms with Crippen LogP contribution in [0, 0.1) is 0 Å². The lowest BCUT2D eigenvalue weighted by Crippen LogP contribution is -2.50. The second-order valence-electron chi connectivity index (χ2n) is 6.78. The summed E-state index contributed by atoms with van der Waals surface area (Å²) in [7, 11) is 4.82. The van der Waals surface area contributed by atoms with Crippen molar-refractivity contribution < 1.29 is 23.8 Å². The molecule has 2 rings (SSSR count). The van der Waals surface area contributed by atoms with Gasteiger partial charge in [-0.3, -0.25) is 14.5 Å². The van der Waals surface area contributed by atoms with Crippen LogP contribution in [0.1, 0.15) is 12.0 Å². The van der Waals surface area contributed by atoms with Crippen LogP contribution in [0.25, 0.3) is 6.08 Å². The number of amides is 2. The Bertz CT molecular complexity index is 677. The van der Waals surface area contributed by atoms with Gasteiger partial charge in [-0.1, -0.05) is 0 Å². The first kappa shape index (κ1) is 22.7. The van der Waals surface area contributed by atoms with E-state index < -0.39 is 0 Å². The molecule has 1 aliphatic rings. The Morgan fingerprint density at radius 2 is 1.69 bits per heavy atom. The number of methoxy groups -OCH3 is 3. The average molecular weight is 405 g/mol. The molecule has 1 fully saturated rings. The van der Waals surface area contributed by atoms with Crippen LogP contribution in [0.4, 0.5) is 0 Å². The minimum Gasteiger partial charge on any atom is -0.497 e. The van der Waals surface area contributed by atoms with E-state index in [9.17, 15) is 9.59 Å². The predicted molar refractivity (Wildman–Crippen MR) is 111 cm³/mol. The molecule has 8 heteroatoms. The minimum absolute atomic E-state index is 0.00717. The van der Waals surface area contributed by atoms with Crippen molar-refractivity contribution in [1.82, 2.24) is 15.1 Å². The van der Waals surface area contributed by atoms with Gasteiger partial charge >= 0.3 is 0 Å². The van der Waals surface area contributed by atoms with Crippen molar-refractivity contribution in [3.8, 4) is 11.5 Å². The number of nitrogens with one attached hydrogen (secondary N) is 1. The normalized spacial score (nSPS) is 14.8. The molecule has 0 unspecified atom stereocenters. The molecule has 160 valence electrons. The monoisotopic (exact) mass is 405 g/mol. The zero-order valence-electron chi connectivity index (χ0n) is 17.5. The van der Waals surface area contributed by atoms with E-state index in [1.165, 1.54) is 0 Å². The summed E-state index contributed by atoms with van der Waals surface area (Å²) in [6.45, 7) is 4.16. The summed E-state index contributed by atoms with van der Waals surface area (Å²) >= 11 is 0. The van der Waals surface area contributed by atoms with E-state index in [1.54, 1.807) is 44.4 Å². The molecule has 1 aromatic rings. The van der Waals surface area contributed by atoms with Gasteiger partial charge in [0.1, 0.15) is 11.5 Å². The van der Waals surface area contributed by atoms with Crippen LogP contribution < -0.4 is 14.8 Å². The van der Waals surface area contributed by atoms with Crippen LogP contribution in [0.2, 0.25) is 0 Å². The number of hydrogen-bond acceptors (Lipinski definition) is 6. The number of ether oxygens (including phenoxy) is 3. The number of rotatable bonds is 10. The van der Waals surface area contributed by atoms with Gasteiger partial charge in [-0.05, 0) is 30.2 Å². The van der Waals surface area contributed by atoms with Crippen molar-refractivity contribution in [2.45, 2.75) is 6.42 Å².